The molecule has 1 aromatic carbocycles. The van der Waals surface area contributed by atoms with Crippen LogP contribution in [0.1, 0.15) is 6.92 Å². The zero-order chi connectivity index (χ0) is 12.8. The molecule has 0 aliphatic carbocycles. The minimum Gasteiger partial charge on any atom is -0.493 e. The van der Waals surface area contributed by atoms with Crippen molar-refractivity contribution in [2.24, 2.45) is 0 Å². The SMILES string of the molecule is C=CCNCCn1ccc2c(OCC)cccc21. The predicted octanol–water partition coefficient (Wildman–Crippen LogP) is 2.82. The monoisotopic (exact) mass is 244 g/mol. The Labute approximate surface area is 108 Å². The molecule has 2 rings (SSSR count). The lowest BCUT2D eigenvalue weighted by Crippen LogP contribution is -2.19. The molecular weight excluding hydrogens is 224 g/mol. The first-order valence-electron chi connectivity index (χ1n) is 6.39. The number of nitrogens with zero attached hydrogens (tertiary/aromatic N) is 1. The lowest BCUT2D eigenvalue weighted by molar-refractivity contribution is 0.344. The third-order valence-corrected chi connectivity index (χ3v) is 2.89. The van der Waals surface area contributed by atoms with Gasteiger partial charge in [-0.25, -0.2) is 0 Å². The first kappa shape index (κ1) is 12.7. The van der Waals surface area contributed by atoms with Crippen LogP contribution in [0.4, 0.5) is 0 Å². The van der Waals surface area contributed by atoms with Gasteiger partial charge in [0.1, 0.15) is 5.75 Å². The van der Waals surface area contributed by atoms with E-state index in [4.69, 9.17) is 4.74 Å². The Kier molecular flexibility index (Phi) is 4.42. The molecule has 0 saturated heterocycles. The summed E-state index contributed by atoms with van der Waals surface area (Å²) in [4.78, 5) is 0. The average molecular weight is 244 g/mol. The molecular formula is C15H20N2O. The van der Waals surface area contributed by atoms with Gasteiger partial charge < -0.3 is 14.6 Å². The third kappa shape index (κ3) is 2.74. The molecule has 1 N–H and O–H groups in total. The molecule has 18 heavy (non-hydrogen) atoms. The second-order valence-electron chi connectivity index (χ2n) is 4.12. The minimum atomic E-state index is 0.700. The van der Waals surface area contributed by atoms with Crippen molar-refractivity contribution in [3.05, 3.63) is 43.1 Å². The van der Waals surface area contributed by atoms with E-state index in [1.807, 2.05) is 25.1 Å². The maximum atomic E-state index is 5.63. The Morgan fingerprint density at radius 1 is 1.39 bits per heavy atom. The maximum absolute atomic E-state index is 5.63. The number of hydrogen-bond donors (Lipinski definition) is 1. The summed E-state index contributed by atoms with van der Waals surface area (Å²) in [5.74, 6) is 0.966. The number of nitrogens with one attached hydrogen (secondary N) is 1. The second kappa shape index (κ2) is 6.26. The molecule has 3 heteroatoms. The van der Waals surface area contributed by atoms with Crippen LogP contribution in [-0.4, -0.2) is 24.3 Å². The van der Waals surface area contributed by atoms with Gasteiger partial charge in [0.05, 0.1) is 12.1 Å². The van der Waals surface area contributed by atoms with Crippen LogP contribution in [0, 0.1) is 0 Å². The Balaban J connectivity index is 2.14. The molecule has 0 saturated carbocycles. The molecule has 0 aliphatic heterocycles. The summed E-state index contributed by atoms with van der Waals surface area (Å²) < 4.78 is 7.88. The van der Waals surface area contributed by atoms with E-state index in [9.17, 15) is 0 Å². The van der Waals surface area contributed by atoms with Crippen LogP contribution in [-0.2, 0) is 6.54 Å². The number of fused-ring (bicyclic) bond motifs is 1. The molecule has 1 aromatic heterocycles. The van der Waals surface area contributed by atoms with E-state index in [0.29, 0.717) is 6.61 Å². The van der Waals surface area contributed by atoms with Crippen LogP contribution in [0.3, 0.4) is 0 Å². The Hall–Kier alpha value is -1.74. The topological polar surface area (TPSA) is 26.2 Å². The zero-order valence-electron chi connectivity index (χ0n) is 10.9. The van der Waals surface area contributed by atoms with Gasteiger partial charge in [-0.1, -0.05) is 12.1 Å². The molecule has 1 heterocycles. The zero-order valence-corrected chi connectivity index (χ0v) is 10.9. The highest BCUT2D eigenvalue weighted by Gasteiger charge is 2.05. The van der Waals surface area contributed by atoms with Gasteiger partial charge in [-0.3, -0.25) is 0 Å². The van der Waals surface area contributed by atoms with Crippen LogP contribution in [0.15, 0.2) is 43.1 Å². The van der Waals surface area contributed by atoms with Gasteiger partial charge in [0.15, 0.2) is 0 Å². The van der Waals surface area contributed by atoms with Crippen molar-refractivity contribution in [2.45, 2.75) is 13.5 Å². The predicted molar refractivity (Wildman–Crippen MR) is 76.2 cm³/mol. The summed E-state index contributed by atoms with van der Waals surface area (Å²) in [5.41, 5.74) is 1.22. The number of ether oxygens (including phenoxy) is 1. The Morgan fingerprint density at radius 2 is 2.28 bits per heavy atom. The number of benzene rings is 1. The molecule has 0 aliphatic rings. The molecule has 96 valence electrons. The Morgan fingerprint density at radius 3 is 3.06 bits per heavy atom. The van der Waals surface area contributed by atoms with Gasteiger partial charge >= 0.3 is 0 Å². The molecule has 0 spiro atoms. The minimum absolute atomic E-state index is 0.700. The van der Waals surface area contributed by atoms with E-state index in [0.717, 1.165) is 25.4 Å². The van der Waals surface area contributed by atoms with Crippen LogP contribution >= 0.6 is 0 Å². The summed E-state index contributed by atoms with van der Waals surface area (Å²) in [6.07, 6.45) is 3.99. The molecule has 2 aromatic rings. The van der Waals surface area contributed by atoms with E-state index in [1.165, 1.54) is 10.9 Å². The lowest BCUT2D eigenvalue weighted by Gasteiger charge is -2.08. The van der Waals surface area contributed by atoms with Crippen molar-refractivity contribution in [1.29, 1.82) is 0 Å². The number of rotatable bonds is 7. The van der Waals surface area contributed by atoms with E-state index in [-0.39, 0.29) is 0 Å². The molecule has 0 fully saturated rings. The normalized spacial score (nSPS) is 10.7. The molecule has 0 unspecified atom stereocenters. The van der Waals surface area contributed by atoms with Gasteiger partial charge in [0.2, 0.25) is 0 Å². The van der Waals surface area contributed by atoms with Crippen molar-refractivity contribution in [1.82, 2.24) is 9.88 Å². The number of aromatic nitrogens is 1. The number of hydrogen-bond acceptors (Lipinski definition) is 2. The summed E-state index contributed by atoms with van der Waals surface area (Å²) in [6, 6.07) is 8.31. The van der Waals surface area contributed by atoms with Crippen molar-refractivity contribution < 1.29 is 4.74 Å². The van der Waals surface area contributed by atoms with E-state index >= 15 is 0 Å². The summed E-state index contributed by atoms with van der Waals surface area (Å²) in [6.45, 7) is 9.14. The first-order chi connectivity index (χ1) is 8.86. The van der Waals surface area contributed by atoms with Gasteiger partial charge in [-0.15, -0.1) is 6.58 Å². The standard InChI is InChI=1S/C15H20N2O/c1-3-9-16-10-12-17-11-8-13-14(17)6-5-7-15(13)18-4-2/h3,5-8,11,16H,1,4,9-10,12H2,2H3. The van der Waals surface area contributed by atoms with Crippen LogP contribution in [0.25, 0.3) is 10.9 Å². The largest absolute Gasteiger partial charge is 0.493 e. The molecule has 0 bridgehead atoms. The third-order valence-electron chi connectivity index (χ3n) is 2.89. The molecule has 0 radical (unpaired) electrons. The summed E-state index contributed by atoms with van der Waals surface area (Å²) >= 11 is 0. The van der Waals surface area contributed by atoms with Gasteiger partial charge in [-0.05, 0) is 25.1 Å². The van der Waals surface area contributed by atoms with Gasteiger partial charge in [0, 0.05) is 31.2 Å². The van der Waals surface area contributed by atoms with Crippen molar-refractivity contribution in [2.75, 3.05) is 19.7 Å². The van der Waals surface area contributed by atoms with Crippen LogP contribution in [0.5, 0.6) is 5.75 Å². The highest BCUT2D eigenvalue weighted by atomic mass is 16.5. The smallest absolute Gasteiger partial charge is 0.128 e. The van der Waals surface area contributed by atoms with E-state index < -0.39 is 0 Å². The van der Waals surface area contributed by atoms with E-state index in [2.05, 4.69) is 34.8 Å². The van der Waals surface area contributed by atoms with Crippen LogP contribution < -0.4 is 10.1 Å². The molecule has 0 amide bonds. The highest BCUT2D eigenvalue weighted by molar-refractivity contribution is 5.86. The average Bonchev–Trinajstić information content (AvgIpc) is 2.80. The Bertz CT molecular complexity index is 516. The van der Waals surface area contributed by atoms with Crippen LogP contribution in [0.2, 0.25) is 0 Å². The summed E-state index contributed by atoms with van der Waals surface area (Å²) in [5, 5.41) is 4.49. The quantitative estimate of drug-likeness (QED) is 0.599. The maximum Gasteiger partial charge on any atom is 0.128 e. The van der Waals surface area contributed by atoms with Crippen molar-refractivity contribution in [3.63, 3.8) is 0 Å². The van der Waals surface area contributed by atoms with Gasteiger partial charge in [0.25, 0.3) is 0 Å². The van der Waals surface area contributed by atoms with E-state index in [1.54, 1.807) is 0 Å². The fourth-order valence-corrected chi connectivity index (χ4v) is 2.08. The van der Waals surface area contributed by atoms with Gasteiger partial charge in [-0.2, -0.15) is 0 Å². The van der Waals surface area contributed by atoms with Crippen molar-refractivity contribution >= 4 is 10.9 Å². The highest BCUT2D eigenvalue weighted by Crippen LogP contribution is 2.26. The fourth-order valence-electron chi connectivity index (χ4n) is 2.08. The first-order valence-corrected chi connectivity index (χ1v) is 6.39. The molecule has 3 nitrogen and oxygen atoms in total. The lowest BCUT2D eigenvalue weighted by atomic mass is 10.2. The second-order valence-corrected chi connectivity index (χ2v) is 4.12. The summed E-state index contributed by atoms with van der Waals surface area (Å²) in [7, 11) is 0. The molecule has 0 atom stereocenters. The van der Waals surface area contributed by atoms with Crippen molar-refractivity contribution in [3.8, 4) is 5.75 Å². The fraction of sp³-hybridized carbons (Fsp3) is 0.333.